The van der Waals surface area contributed by atoms with Gasteiger partial charge in [-0.3, -0.25) is 4.79 Å². The SMILES string of the molecule is CCCN(CCC)CCC(=O)Nc1ccc(S(N)(=O)=O)cc1. The Morgan fingerprint density at radius 1 is 1.09 bits per heavy atom. The van der Waals surface area contributed by atoms with Crippen molar-refractivity contribution in [2.75, 3.05) is 25.0 Å². The van der Waals surface area contributed by atoms with Crippen molar-refractivity contribution in [1.29, 1.82) is 0 Å². The number of anilines is 1. The van der Waals surface area contributed by atoms with Crippen LogP contribution in [0.15, 0.2) is 29.2 Å². The summed E-state index contributed by atoms with van der Waals surface area (Å²) in [5.74, 6) is -0.0828. The zero-order chi connectivity index (χ0) is 16.6. The van der Waals surface area contributed by atoms with Crippen molar-refractivity contribution in [1.82, 2.24) is 4.90 Å². The second-order valence-electron chi connectivity index (χ2n) is 5.21. The monoisotopic (exact) mass is 327 g/mol. The normalized spacial score (nSPS) is 11.6. The number of rotatable bonds is 9. The summed E-state index contributed by atoms with van der Waals surface area (Å²) in [5, 5.41) is 7.78. The van der Waals surface area contributed by atoms with Gasteiger partial charge in [-0.2, -0.15) is 0 Å². The van der Waals surface area contributed by atoms with Crippen LogP contribution in [0.4, 0.5) is 5.69 Å². The molecule has 6 nitrogen and oxygen atoms in total. The fourth-order valence-corrected chi connectivity index (χ4v) is 2.69. The number of nitrogens with two attached hydrogens (primary N) is 1. The van der Waals surface area contributed by atoms with E-state index in [1.807, 2.05) is 0 Å². The number of nitrogens with zero attached hydrogens (tertiary/aromatic N) is 1. The minimum atomic E-state index is -3.70. The summed E-state index contributed by atoms with van der Waals surface area (Å²) in [6.07, 6.45) is 2.55. The van der Waals surface area contributed by atoms with Gasteiger partial charge in [-0.05, 0) is 50.2 Å². The van der Waals surface area contributed by atoms with Crippen molar-refractivity contribution < 1.29 is 13.2 Å². The van der Waals surface area contributed by atoms with Crippen LogP contribution in [0, 0.1) is 0 Å². The maximum Gasteiger partial charge on any atom is 0.238 e. The van der Waals surface area contributed by atoms with Crippen molar-refractivity contribution >= 4 is 21.6 Å². The fraction of sp³-hybridized carbons (Fsp3) is 0.533. The van der Waals surface area contributed by atoms with Gasteiger partial charge in [0.15, 0.2) is 0 Å². The lowest BCUT2D eigenvalue weighted by Crippen LogP contribution is -2.29. The van der Waals surface area contributed by atoms with E-state index < -0.39 is 10.0 Å². The topological polar surface area (TPSA) is 92.5 Å². The molecule has 0 spiro atoms. The van der Waals surface area contributed by atoms with E-state index in [9.17, 15) is 13.2 Å². The Balaban J connectivity index is 2.51. The summed E-state index contributed by atoms with van der Waals surface area (Å²) >= 11 is 0. The highest BCUT2D eigenvalue weighted by Gasteiger charge is 2.09. The van der Waals surface area contributed by atoms with Gasteiger partial charge < -0.3 is 10.2 Å². The predicted molar refractivity (Wildman–Crippen MR) is 88.1 cm³/mol. The third-order valence-electron chi connectivity index (χ3n) is 3.20. The molecule has 1 aromatic rings. The Morgan fingerprint density at radius 2 is 1.64 bits per heavy atom. The van der Waals surface area contributed by atoms with Crippen molar-refractivity contribution in [2.45, 2.75) is 38.0 Å². The van der Waals surface area contributed by atoms with E-state index >= 15 is 0 Å². The van der Waals surface area contributed by atoms with Crippen LogP contribution in [-0.2, 0) is 14.8 Å². The van der Waals surface area contributed by atoms with Gasteiger partial charge in [0.1, 0.15) is 0 Å². The van der Waals surface area contributed by atoms with Crippen LogP contribution in [0.25, 0.3) is 0 Å². The van der Waals surface area contributed by atoms with Crippen LogP contribution in [0.1, 0.15) is 33.1 Å². The highest BCUT2D eigenvalue weighted by Crippen LogP contribution is 2.13. The van der Waals surface area contributed by atoms with Gasteiger partial charge in [0, 0.05) is 18.7 Å². The van der Waals surface area contributed by atoms with E-state index in [0.717, 1.165) is 32.5 Å². The summed E-state index contributed by atoms with van der Waals surface area (Å²) in [7, 11) is -3.70. The predicted octanol–water partition coefficient (Wildman–Crippen LogP) is 1.78. The van der Waals surface area contributed by atoms with E-state index in [1.54, 1.807) is 0 Å². The Hall–Kier alpha value is -1.44. The third-order valence-corrected chi connectivity index (χ3v) is 4.13. The number of nitrogens with one attached hydrogen (secondary N) is 1. The number of amides is 1. The minimum absolute atomic E-state index is 0.0302. The minimum Gasteiger partial charge on any atom is -0.326 e. The van der Waals surface area contributed by atoms with Crippen molar-refractivity contribution in [3.8, 4) is 0 Å². The van der Waals surface area contributed by atoms with E-state index in [4.69, 9.17) is 5.14 Å². The van der Waals surface area contributed by atoms with E-state index in [2.05, 4.69) is 24.1 Å². The zero-order valence-electron chi connectivity index (χ0n) is 13.2. The zero-order valence-corrected chi connectivity index (χ0v) is 14.0. The summed E-state index contributed by atoms with van der Waals surface area (Å²) in [6, 6.07) is 5.83. The van der Waals surface area contributed by atoms with Crippen LogP contribution in [0.3, 0.4) is 0 Å². The second-order valence-corrected chi connectivity index (χ2v) is 6.77. The van der Waals surface area contributed by atoms with Gasteiger partial charge in [0.2, 0.25) is 15.9 Å². The molecule has 0 atom stereocenters. The van der Waals surface area contributed by atoms with Crippen LogP contribution in [0.2, 0.25) is 0 Å². The average Bonchev–Trinajstić information content (AvgIpc) is 2.45. The van der Waals surface area contributed by atoms with Gasteiger partial charge in [-0.15, -0.1) is 0 Å². The molecule has 7 heteroatoms. The quantitative estimate of drug-likeness (QED) is 0.723. The highest BCUT2D eigenvalue weighted by molar-refractivity contribution is 7.89. The first-order valence-electron chi connectivity index (χ1n) is 7.52. The van der Waals surface area contributed by atoms with Gasteiger partial charge in [0.25, 0.3) is 0 Å². The number of hydrogen-bond acceptors (Lipinski definition) is 4. The molecule has 0 aliphatic heterocycles. The van der Waals surface area contributed by atoms with E-state index in [1.165, 1.54) is 24.3 Å². The number of carbonyl (C=O) groups is 1. The first kappa shape index (κ1) is 18.6. The molecule has 0 unspecified atom stereocenters. The molecule has 0 aliphatic carbocycles. The smallest absolute Gasteiger partial charge is 0.238 e. The third kappa shape index (κ3) is 6.55. The molecule has 3 N–H and O–H groups in total. The molecule has 22 heavy (non-hydrogen) atoms. The number of carbonyl (C=O) groups excluding carboxylic acids is 1. The highest BCUT2D eigenvalue weighted by atomic mass is 32.2. The van der Waals surface area contributed by atoms with Crippen LogP contribution >= 0.6 is 0 Å². The first-order valence-corrected chi connectivity index (χ1v) is 9.06. The van der Waals surface area contributed by atoms with Crippen LogP contribution in [-0.4, -0.2) is 38.9 Å². The lowest BCUT2D eigenvalue weighted by Gasteiger charge is -2.20. The molecule has 0 aliphatic rings. The van der Waals surface area contributed by atoms with Crippen molar-refractivity contribution in [3.63, 3.8) is 0 Å². The van der Waals surface area contributed by atoms with Crippen LogP contribution in [0.5, 0.6) is 0 Å². The molecule has 0 aromatic heterocycles. The molecular formula is C15H25N3O3S. The number of benzene rings is 1. The summed E-state index contributed by atoms with van der Waals surface area (Å²) in [6.45, 7) is 6.95. The van der Waals surface area contributed by atoms with Gasteiger partial charge >= 0.3 is 0 Å². The molecule has 0 saturated heterocycles. The molecule has 0 saturated carbocycles. The Morgan fingerprint density at radius 3 is 2.09 bits per heavy atom. The fourth-order valence-electron chi connectivity index (χ4n) is 2.18. The van der Waals surface area contributed by atoms with Crippen LogP contribution < -0.4 is 10.5 Å². The van der Waals surface area contributed by atoms with E-state index in [0.29, 0.717) is 12.1 Å². The van der Waals surface area contributed by atoms with Gasteiger partial charge in [-0.25, -0.2) is 13.6 Å². The molecule has 124 valence electrons. The van der Waals surface area contributed by atoms with Gasteiger partial charge in [-0.1, -0.05) is 13.8 Å². The Bertz CT molecular complexity index is 564. The molecule has 0 heterocycles. The lowest BCUT2D eigenvalue weighted by molar-refractivity contribution is -0.116. The summed E-state index contributed by atoms with van der Waals surface area (Å²) < 4.78 is 22.3. The Kier molecular flexibility index (Phi) is 7.50. The number of primary sulfonamides is 1. The summed E-state index contributed by atoms with van der Waals surface area (Å²) in [5.41, 5.74) is 0.565. The maximum atomic E-state index is 11.9. The Labute approximate surface area is 132 Å². The number of hydrogen-bond donors (Lipinski definition) is 2. The van der Waals surface area contributed by atoms with Crippen molar-refractivity contribution in [3.05, 3.63) is 24.3 Å². The largest absolute Gasteiger partial charge is 0.326 e. The lowest BCUT2D eigenvalue weighted by atomic mass is 10.3. The van der Waals surface area contributed by atoms with Crippen molar-refractivity contribution in [2.24, 2.45) is 5.14 Å². The molecule has 1 amide bonds. The standard InChI is InChI=1S/C15H25N3O3S/c1-3-10-18(11-4-2)12-9-15(19)17-13-5-7-14(8-6-13)22(16,20)21/h5-8H,3-4,9-12H2,1-2H3,(H,17,19)(H2,16,20,21). The maximum absolute atomic E-state index is 11.9. The molecule has 0 radical (unpaired) electrons. The molecule has 1 rings (SSSR count). The summed E-state index contributed by atoms with van der Waals surface area (Å²) in [4.78, 5) is 14.2. The first-order chi connectivity index (χ1) is 10.4. The molecule has 0 fully saturated rings. The molecular weight excluding hydrogens is 302 g/mol. The van der Waals surface area contributed by atoms with Gasteiger partial charge in [0.05, 0.1) is 4.90 Å². The molecule has 0 bridgehead atoms. The molecule has 1 aromatic carbocycles. The van der Waals surface area contributed by atoms with E-state index in [-0.39, 0.29) is 10.8 Å². The number of sulfonamides is 1. The average molecular weight is 327 g/mol. The second kappa shape index (κ2) is 8.87.